The van der Waals surface area contributed by atoms with E-state index in [2.05, 4.69) is 37.1 Å². The van der Waals surface area contributed by atoms with Crippen molar-refractivity contribution in [3.8, 4) is 11.5 Å². The molecule has 10 nitrogen and oxygen atoms in total. The Morgan fingerprint density at radius 1 is 1.23 bits per heavy atom. The highest BCUT2D eigenvalue weighted by Crippen LogP contribution is 2.41. The Balaban J connectivity index is 1.52. The molecule has 0 saturated heterocycles. The Bertz CT molecular complexity index is 1110. The number of anilines is 1. The number of nitrogens with two attached hydrogens (primary N) is 1. The molecule has 0 radical (unpaired) electrons. The number of hydroxylamine groups is 1. The molecule has 1 aromatic carbocycles. The zero-order chi connectivity index (χ0) is 21.8. The van der Waals surface area contributed by atoms with Gasteiger partial charge in [-0.15, -0.1) is 0 Å². The number of unbranched alkanes of at least 4 members (excludes halogenated alkanes) is 3. The number of aromatic nitrogens is 4. The minimum absolute atomic E-state index is 0.226. The van der Waals surface area contributed by atoms with Crippen LogP contribution in [0.4, 0.5) is 5.82 Å². The zero-order valence-electron chi connectivity index (χ0n) is 16.5. The van der Waals surface area contributed by atoms with E-state index in [9.17, 15) is 4.79 Å². The van der Waals surface area contributed by atoms with Crippen molar-refractivity contribution in [1.82, 2.24) is 25.0 Å². The van der Waals surface area contributed by atoms with Crippen molar-refractivity contribution in [2.45, 2.75) is 48.7 Å². The van der Waals surface area contributed by atoms with E-state index in [0.717, 1.165) is 50.8 Å². The summed E-state index contributed by atoms with van der Waals surface area (Å²) in [4.78, 5) is 25.3. The fraction of sp³-hybridized carbons (Fsp3) is 0.368. The fourth-order valence-corrected chi connectivity index (χ4v) is 4.97. The van der Waals surface area contributed by atoms with Gasteiger partial charge in [-0.25, -0.2) is 20.4 Å². The van der Waals surface area contributed by atoms with Gasteiger partial charge < -0.3 is 19.8 Å². The molecule has 0 unspecified atom stereocenters. The van der Waals surface area contributed by atoms with Crippen LogP contribution in [0, 0.1) is 3.57 Å². The van der Waals surface area contributed by atoms with E-state index >= 15 is 0 Å². The lowest BCUT2D eigenvalue weighted by Gasteiger charge is -2.10. The van der Waals surface area contributed by atoms with Crippen LogP contribution in [0.1, 0.15) is 32.1 Å². The highest BCUT2D eigenvalue weighted by atomic mass is 127. The average molecular weight is 556 g/mol. The van der Waals surface area contributed by atoms with Gasteiger partial charge in [-0.05, 0) is 47.6 Å². The SMILES string of the molecule is Nc1ncnc2c1nc(Sc1cc3c(cc1I)OCO3)n2CCCCCCC(=O)NO. The van der Waals surface area contributed by atoms with Gasteiger partial charge in [0.15, 0.2) is 33.6 Å². The molecule has 164 valence electrons. The topological polar surface area (TPSA) is 137 Å². The highest BCUT2D eigenvalue weighted by molar-refractivity contribution is 14.1. The maximum Gasteiger partial charge on any atom is 0.243 e. The van der Waals surface area contributed by atoms with Crippen LogP contribution in [0.2, 0.25) is 0 Å². The van der Waals surface area contributed by atoms with E-state index in [4.69, 9.17) is 25.4 Å². The first-order chi connectivity index (χ1) is 15.1. The molecular formula is C19H21IN6O4S. The number of nitrogens with one attached hydrogen (secondary N) is 1. The zero-order valence-corrected chi connectivity index (χ0v) is 19.5. The van der Waals surface area contributed by atoms with Crippen LogP contribution < -0.4 is 20.7 Å². The highest BCUT2D eigenvalue weighted by Gasteiger charge is 2.20. The standard InChI is InChI=1S/C19H21IN6O4S/c20-11-7-12-13(30-10-29-12)8-14(11)31-19-24-16-17(21)22-9-23-18(16)26(19)6-4-2-1-3-5-15(27)25-28/h7-9,28H,1-6,10H2,(H,25,27)(H2,21,22,23). The van der Waals surface area contributed by atoms with E-state index in [1.807, 2.05) is 12.1 Å². The molecule has 2 aromatic heterocycles. The Morgan fingerprint density at radius 3 is 2.81 bits per heavy atom. The van der Waals surface area contributed by atoms with Crippen molar-refractivity contribution >= 4 is 57.2 Å². The van der Waals surface area contributed by atoms with Gasteiger partial charge in [0.05, 0.1) is 0 Å². The maximum atomic E-state index is 11.1. The molecule has 0 atom stereocenters. The third-order valence-corrected chi connectivity index (χ3v) is 7.12. The number of nitrogens with zero attached hydrogens (tertiary/aromatic N) is 4. The number of hydrogen-bond acceptors (Lipinski definition) is 9. The number of hydrogen-bond donors (Lipinski definition) is 3. The smallest absolute Gasteiger partial charge is 0.243 e. The van der Waals surface area contributed by atoms with Crippen LogP contribution in [-0.2, 0) is 11.3 Å². The summed E-state index contributed by atoms with van der Waals surface area (Å²) < 4.78 is 14.1. The van der Waals surface area contributed by atoms with Gasteiger partial charge >= 0.3 is 0 Å². The number of fused-ring (bicyclic) bond motifs is 2. The number of aryl methyl sites for hydroxylation is 1. The van der Waals surface area contributed by atoms with Crippen molar-refractivity contribution in [2.75, 3.05) is 12.5 Å². The molecule has 3 heterocycles. The van der Waals surface area contributed by atoms with Gasteiger partial charge in [0.2, 0.25) is 12.7 Å². The molecule has 0 saturated carbocycles. The summed E-state index contributed by atoms with van der Waals surface area (Å²) in [5, 5.41) is 9.33. The van der Waals surface area contributed by atoms with Crippen LogP contribution in [-0.4, -0.2) is 37.4 Å². The lowest BCUT2D eigenvalue weighted by atomic mass is 10.1. The third kappa shape index (κ3) is 4.96. The van der Waals surface area contributed by atoms with Gasteiger partial charge in [0, 0.05) is 21.4 Å². The number of carbonyl (C=O) groups is 1. The number of ether oxygens (including phenoxy) is 2. The summed E-state index contributed by atoms with van der Waals surface area (Å²) in [7, 11) is 0. The quantitative estimate of drug-likeness (QED) is 0.157. The van der Waals surface area contributed by atoms with Crippen molar-refractivity contribution in [1.29, 1.82) is 0 Å². The number of carbonyl (C=O) groups excluding carboxylic acids is 1. The normalized spacial score (nSPS) is 12.5. The predicted molar refractivity (Wildman–Crippen MR) is 122 cm³/mol. The van der Waals surface area contributed by atoms with Gasteiger partial charge in [-0.3, -0.25) is 10.0 Å². The van der Waals surface area contributed by atoms with Gasteiger partial charge in [0.1, 0.15) is 6.33 Å². The van der Waals surface area contributed by atoms with E-state index in [1.165, 1.54) is 18.1 Å². The van der Waals surface area contributed by atoms with E-state index in [1.54, 1.807) is 5.48 Å². The van der Waals surface area contributed by atoms with Gasteiger partial charge in [-0.1, -0.05) is 24.6 Å². The number of halogens is 1. The summed E-state index contributed by atoms with van der Waals surface area (Å²) >= 11 is 3.79. The Labute approximate surface area is 196 Å². The number of benzene rings is 1. The lowest BCUT2D eigenvalue weighted by Crippen LogP contribution is -2.17. The number of imidazole rings is 1. The molecule has 31 heavy (non-hydrogen) atoms. The number of amides is 1. The lowest BCUT2D eigenvalue weighted by molar-refractivity contribution is -0.129. The first-order valence-corrected chi connectivity index (χ1v) is 11.6. The number of rotatable bonds is 9. The monoisotopic (exact) mass is 556 g/mol. The van der Waals surface area contributed by atoms with Crippen LogP contribution in [0.25, 0.3) is 11.2 Å². The molecule has 3 aromatic rings. The van der Waals surface area contributed by atoms with Crippen molar-refractivity contribution in [3.05, 3.63) is 22.0 Å². The largest absolute Gasteiger partial charge is 0.454 e. The molecular weight excluding hydrogens is 535 g/mol. The Morgan fingerprint density at radius 2 is 2.00 bits per heavy atom. The summed E-state index contributed by atoms with van der Waals surface area (Å²) in [6.07, 6.45) is 5.20. The predicted octanol–water partition coefficient (Wildman–Crippen LogP) is 3.35. The molecule has 0 bridgehead atoms. The first-order valence-electron chi connectivity index (χ1n) is 9.73. The minimum Gasteiger partial charge on any atom is -0.454 e. The molecule has 0 spiro atoms. The Hall–Kier alpha value is -2.32. The third-order valence-electron chi connectivity index (χ3n) is 4.81. The minimum atomic E-state index is -0.357. The summed E-state index contributed by atoms with van der Waals surface area (Å²) in [6.45, 7) is 0.937. The second-order valence-corrected chi connectivity index (χ2v) is 9.09. The van der Waals surface area contributed by atoms with Crippen molar-refractivity contribution in [2.24, 2.45) is 0 Å². The summed E-state index contributed by atoms with van der Waals surface area (Å²) in [6, 6.07) is 3.91. The van der Waals surface area contributed by atoms with E-state index < -0.39 is 0 Å². The van der Waals surface area contributed by atoms with Crippen LogP contribution in [0.5, 0.6) is 11.5 Å². The maximum absolute atomic E-state index is 11.1. The van der Waals surface area contributed by atoms with Crippen LogP contribution in [0.15, 0.2) is 28.5 Å². The van der Waals surface area contributed by atoms with E-state index in [-0.39, 0.29) is 12.7 Å². The van der Waals surface area contributed by atoms with Crippen LogP contribution >= 0.6 is 34.4 Å². The summed E-state index contributed by atoms with van der Waals surface area (Å²) in [5.41, 5.74) is 8.98. The average Bonchev–Trinajstić information content (AvgIpc) is 3.35. The second-order valence-electron chi connectivity index (χ2n) is 6.91. The summed E-state index contributed by atoms with van der Waals surface area (Å²) in [5.74, 6) is 1.45. The molecule has 0 aliphatic carbocycles. The van der Waals surface area contributed by atoms with Crippen molar-refractivity contribution in [3.63, 3.8) is 0 Å². The molecule has 0 fully saturated rings. The van der Waals surface area contributed by atoms with E-state index in [0.29, 0.717) is 29.9 Å². The second kappa shape index (κ2) is 9.87. The van der Waals surface area contributed by atoms with Crippen LogP contribution in [0.3, 0.4) is 0 Å². The Kier molecular flexibility index (Phi) is 6.97. The molecule has 12 heteroatoms. The fourth-order valence-electron chi connectivity index (χ4n) is 3.25. The number of nitrogen functional groups attached to an aromatic ring is 1. The molecule has 4 N–H and O–H groups in total. The molecule has 1 aliphatic rings. The first kappa shape index (κ1) is 21.9. The molecule has 1 aliphatic heterocycles. The molecule has 1 amide bonds. The van der Waals surface area contributed by atoms with Gasteiger partial charge in [0.25, 0.3) is 0 Å². The van der Waals surface area contributed by atoms with Gasteiger partial charge in [-0.2, -0.15) is 0 Å². The van der Waals surface area contributed by atoms with Crippen molar-refractivity contribution < 1.29 is 19.5 Å². The molecule has 4 rings (SSSR count).